The first-order chi connectivity index (χ1) is 14.0. The molecule has 0 saturated heterocycles. The molecule has 2 aromatic heterocycles. The van der Waals surface area contributed by atoms with E-state index in [1.54, 1.807) is 46.1 Å². The third-order valence-corrected chi connectivity index (χ3v) is 6.86. The van der Waals surface area contributed by atoms with Gasteiger partial charge in [0.2, 0.25) is 11.8 Å². The molecule has 150 valence electrons. The molecule has 2 amide bonds. The summed E-state index contributed by atoms with van der Waals surface area (Å²) in [5.41, 5.74) is 7.96. The van der Waals surface area contributed by atoms with Crippen molar-refractivity contribution in [2.75, 3.05) is 11.1 Å². The Bertz CT molecular complexity index is 1140. The number of thioether (sulfide) groups is 1. The van der Waals surface area contributed by atoms with Crippen molar-refractivity contribution < 1.29 is 9.59 Å². The highest BCUT2D eigenvalue weighted by Gasteiger charge is 2.18. The number of thiazole rings is 1. The lowest BCUT2D eigenvalue weighted by Crippen LogP contribution is -2.18. The Kier molecular flexibility index (Phi) is 5.68. The van der Waals surface area contributed by atoms with E-state index in [0.717, 1.165) is 36.3 Å². The highest BCUT2D eigenvalue weighted by Crippen LogP contribution is 2.28. The van der Waals surface area contributed by atoms with Crippen LogP contribution in [0.1, 0.15) is 39.5 Å². The maximum absolute atomic E-state index is 12.6. The Hall–Kier alpha value is -2.65. The maximum atomic E-state index is 12.6. The summed E-state index contributed by atoms with van der Waals surface area (Å²) in [7, 11) is 0. The van der Waals surface area contributed by atoms with Gasteiger partial charge in [0.05, 0.1) is 11.4 Å². The summed E-state index contributed by atoms with van der Waals surface area (Å²) in [5, 5.41) is 2.77. The van der Waals surface area contributed by atoms with Crippen molar-refractivity contribution in [2.24, 2.45) is 5.73 Å². The van der Waals surface area contributed by atoms with Gasteiger partial charge in [0.25, 0.3) is 5.56 Å². The average molecular weight is 429 g/mol. The van der Waals surface area contributed by atoms with Crippen LogP contribution in [-0.4, -0.2) is 27.0 Å². The number of hydrogen-bond acceptors (Lipinski definition) is 6. The van der Waals surface area contributed by atoms with Gasteiger partial charge in [-0.3, -0.25) is 18.8 Å². The molecule has 0 bridgehead atoms. The van der Waals surface area contributed by atoms with Crippen LogP contribution >= 0.6 is 23.1 Å². The first kappa shape index (κ1) is 19.7. The van der Waals surface area contributed by atoms with Crippen LogP contribution in [0.2, 0.25) is 0 Å². The second-order valence-corrected chi connectivity index (χ2v) is 8.91. The molecule has 29 heavy (non-hydrogen) atoms. The van der Waals surface area contributed by atoms with Crippen molar-refractivity contribution in [2.45, 2.75) is 31.4 Å². The molecule has 1 aliphatic carbocycles. The second kappa shape index (κ2) is 8.38. The van der Waals surface area contributed by atoms with Gasteiger partial charge in [-0.15, -0.1) is 23.1 Å². The van der Waals surface area contributed by atoms with Crippen molar-refractivity contribution in [3.05, 3.63) is 62.5 Å². The van der Waals surface area contributed by atoms with Crippen LogP contribution in [0.4, 0.5) is 5.69 Å². The molecule has 0 saturated carbocycles. The first-order valence-electron chi connectivity index (χ1n) is 9.32. The summed E-state index contributed by atoms with van der Waals surface area (Å²) in [6.45, 7) is 0. The third kappa shape index (κ3) is 4.35. The summed E-state index contributed by atoms with van der Waals surface area (Å²) in [6.07, 6.45) is 4.24. The molecule has 0 spiro atoms. The van der Waals surface area contributed by atoms with Crippen molar-refractivity contribution >= 4 is 45.6 Å². The minimum atomic E-state index is -0.509. The fourth-order valence-corrected chi connectivity index (χ4v) is 5.33. The number of carbonyl (C=O) groups excluding carboxylic acids is 2. The standard InChI is InChI=1S/C20H20N4O3S2/c21-19(27)12-5-7-13(8-6-12)22-17(25)11-28-10-14-9-18(26)24-15-3-1-2-4-16(15)29-20(24)23-14/h5-9H,1-4,10-11H2,(H2,21,27)(H,22,25). The maximum Gasteiger partial charge on any atom is 0.259 e. The molecule has 0 atom stereocenters. The Morgan fingerprint density at radius 2 is 1.97 bits per heavy atom. The number of nitrogens with one attached hydrogen (secondary N) is 1. The first-order valence-corrected chi connectivity index (χ1v) is 11.3. The molecule has 7 nitrogen and oxygen atoms in total. The molecule has 0 unspecified atom stereocenters. The topological polar surface area (TPSA) is 107 Å². The van der Waals surface area contributed by atoms with E-state index in [1.807, 2.05) is 0 Å². The van der Waals surface area contributed by atoms with Crippen LogP contribution < -0.4 is 16.6 Å². The lowest BCUT2D eigenvalue weighted by molar-refractivity contribution is -0.113. The summed E-state index contributed by atoms with van der Waals surface area (Å²) < 4.78 is 1.75. The molecule has 3 aromatic rings. The number of rotatable bonds is 6. The van der Waals surface area contributed by atoms with Gasteiger partial charge in [-0.1, -0.05) is 0 Å². The number of aryl methyl sites for hydroxylation is 2. The predicted molar refractivity (Wildman–Crippen MR) is 116 cm³/mol. The normalized spacial score (nSPS) is 13.2. The van der Waals surface area contributed by atoms with Crippen LogP contribution in [0.25, 0.3) is 4.96 Å². The van der Waals surface area contributed by atoms with Gasteiger partial charge in [-0.25, -0.2) is 4.98 Å². The van der Waals surface area contributed by atoms with Crippen molar-refractivity contribution in [1.82, 2.24) is 9.38 Å². The minimum Gasteiger partial charge on any atom is -0.366 e. The van der Waals surface area contributed by atoms with E-state index < -0.39 is 5.91 Å². The number of primary amides is 1. The molecular weight excluding hydrogens is 408 g/mol. The van der Waals surface area contributed by atoms with Gasteiger partial charge in [-0.05, 0) is 49.9 Å². The number of amides is 2. The molecule has 9 heteroatoms. The minimum absolute atomic E-state index is 0.0380. The average Bonchev–Trinajstić information content (AvgIpc) is 3.07. The summed E-state index contributed by atoms with van der Waals surface area (Å²) in [6, 6.07) is 7.98. The van der Waals surface area contributed by atoms with Gasteiger partial charge in [0.1, 0.15) is 0 Å². The van der Waals surface area contributed by atoms with Gasteiger partial charge < -0.3 is 11.1 Å². The molecule has 1 aliphatic rings. The van der Waals surface area contributed by atoms with Gasteiger partial charge >= 0.3 is 0 Å². The predicted octanol–water partition coefficient (Wildman–Crippen LogP) is 2.61. The van der Waals surface area contributed by atoms with Gasteiger partial charge in [-0.2, -0.15) is 0 Å². The van der Waals surface area contributed by atoms with Crippen LogP contribution in [-0.2, 0) is 23.4 Å². The van der Waals surface area contributed by atoms with Crippen LogP contribution in [0.3, 0.4) is 0 Å². The molecule has 4 rings (SSSR count). The number of anilines is 1. The summed E-state index contributed by atoms with van der Waals surface area (Å²) >= 11 is 3.00. The molecule has 0 aliphatic heterocycles. The van der Waals surface area contributed by atoms with Crippen LogP contribution in [0, 0.1) is 0 Å². The molecular formula is C20H20N4O3S2. The van der Waals surface area contributed by atoms with E-state index in [9.17, 15) is 14.4 Å². The SMILES string of the molecule is NC(=O)c1ccc(NC(=O)CSCc2cc(=O)n3c4c(sc3n2)CCCC4)cc1. The third-order valence-electron chi connectivity index (χ3n) is 4.75. The number of benzene rings is 1. The lowest BCUT2D eigenvalue weighted by Gasteiger charge is -2.10. The Morgan fingerprint density at radius 1 is 1.21 bits per heavy atom. The zero-order valence-electron chi connectivity index (χ0n) is 15.6. The second-order valence-electron chi connectivity index (χ2n) is 6.87. The Morgan fingerprint density at radius 3 is 2.72 bits per heavy atom. The smallest absolute Gasteiger partial charge is 0.259 e. The molecule has 0 fully saturated rings. The lowest BCUT2D eigenvalue weighted by atomic mass is 10.0. The van der Waals surface area contributed by atoms with Crippen molar-refractivity contribution in [1.29, 1.82) is 0 Å². The van der Waals surface area contributed by atoms with Crippen LogP contribution in [0.15, 0.2) is 35.1 Å². The van der Waals surface area contributed by atoms with E-state index in [-0.39, 0.29) is 17.2 Å². The van der Waals surface area contributed by atoms with E-state index in [0.29, 0.717) is 22.7 Å². The molecule has 2 heterocycles. The highest BCUT2D eigenvalue weighted by atomic mass is 32.2. The van der Waals surface area contributed by atoms with E-state index in [1.165, 1.54) is 16.6 Å². The van der Waals surface area contributed by atoms with Crippen molar-refractivity contribution in [3.63, 3.8) is 0 Å². The number of nitrogens with zero attached hydrogens (tertiary/aromatic N) is 2. The number of aromatic nitrogens is 2. The molecule has 3 N–H and O–H groups in total. The Balaban J connectivity index is 1.36. The summed E-state index contributed by atoms with van der Waals surface area (Å²) in [5.74, 6) is 0.0543. The van der Waals surface area contributed by atoms with Crippen LogP contribution in [0.5, 0.6) is 0 Å². The van der Waals surface area contributed by atoms with E-state index in [2.05, 4.69) is 10.3 Å². The van der Waals surface area contributed by atoms with Gasteiger partial charge in [0.15, 0.2) is 4.96 Å². The monoisotopic (exact) mass is 428 g/mol. The largest absolute Gasteiger partial charge is 0.366 e. The number of fused-ring (bicyclic) bond motifs is 3. The highest BCUT2D eigenvalue weighted by molar-refractivity contribution is 7.99. The Labute approximate surface area is 175 Å². The number of nitrogens with two attached hydrogens (primary N) is 1. The van der Waals surface area contributed by atoms with E-state index >= 15 is 0 Å². The number of carbonyl (C=O) groups is 2. The summed E-state index contributed by atoms with van der Waals surface area (Å²) in [4.78, 5) is 42.4. The fourth-order valence-electron chi connectivity index (χ4n) is 3.38. The molecule has 0 radical (unpaired) electrons. The zero-order chi connectivity index (χ0) is 20.4. The number of hydrogen-bond donors (Lipinski definition) is 2. The fraction of sp³-hybridized carbons (Fsp3) is 0.300. The van der Waals surface area contributed by atoms with E-state index in [4.69, 9.17) is 5.73 Å². The molecule has 1 aromatic carbocycles. The van der Waals surface area contributed by atoms with Crippen molar-refractivity contribution in [3.8, 4) is 0 Å². The van der Waals surface area contributed by atoms with Gasteiger partial charge in [0, 0.05) is 33.6 Å². The zero-order valence-corrected chi connectivity index (χ0v) is 17.3. The quantitative estimate of drug-likeness (QED) is 0.628.